The first-order valence-electron chi connectivity index (χ1n) is 4.56. The summed E-state index contributed by atoms with van der Waals surface area (Å²) in [4.78, 5) is 0. The summed E-state index contributed by atoms with van der Waals surface area (Å²) in [5, 5.41) is 2.65. The lowest BCUT2D eigenvalue weighted by Crippen LogP contribution is -2.09. The molecule has 0 amide bonds. The normalized spacial score (nSPS) is 11.2. The van der Waals surface area contributed by atoms with E-state index in [-0.39, 0.29) is 5.69 Å². The molecule has 0 saturated carbocycles. The van der Waals surface area contributed by atoms with Crippen molar-refractivity contribution in [3.63, 3.8) is 0 Å². The topological polar surface area (TPSA) is 12.0 Å². The monoisotopic (exact) mass is 215 g/mol. The Morgan fingerprint density at radius 3 is 2.47 bits per heavy atom. The highest BCUT2D eigenvalue weighted by molar-refractivity contribution is 5.55. The van der Waals surface area contributed by atoms with Gasteiger partial charge in [-0.2, -0.15) is 13.2 Å². The highest BCUT2D eigenvalue weighted by Crippen LogP contribution is 2.34. The van der Waals surface area contributed by atoms with Gasteiger partial charge < -0.3 is 5.32 Å². The van der Waals surface area contributed by atoms with E-state index < -0.39 is 11.7 Å². The van der Waals surface area contributed by atoms with Crippen LogP contribution in [0, 0.1) is 0 Å². The Kier molecular flexibility index (Phi) is 3.39. The van der Waals surface area contributed by atoms with Gasteiger partial charge in [0.05, 0.1) is 11.3 Å². The fraction of sp³-hybridized carbons (Fsp3) is 0.273. The van der Waals surface area contributed by atoms with Crippen molar-refractivity contribution in [2.45, 2.75) is 19.5 Å². The van der Waals surface area contributed by atoms with Crippen LogP contribution < -0.4 is 5.32 Å². The maximum atomic E-state index is 12.5. The zero-order valence-corrected chi connectivity index (χ0v) is 8.36. The molecule has 0 aliphatic heterocycles. The minimum atomic E-state index is -4.34. The van der Waals surface area contributed by atoms with Gasteiger partial charge in [0.25, 0.3) is 0 Å². The van der Waals surface area contributed by atoms with Crippen molar-refractivity contribution in [2.24, 2.45) is 0 Å². The number of hydrogen-bond donors (Lipinski definition) is 1. The van der Waals surface area contributed by atoms with E-state index in [0.717, 1.165) is 6.07 Å². The van der Waals surface area contributed by atoms with Crippen LogP contribution in [0.25, 0.3) is 0 Å². The molecule has 4 heteroatoms. The Balaban J connectivity index is 3.02. The molecule has 1 rings (SSSR count). The maximum absolute atomic E-state index is 12.5. The van der Waals surface area contributed by atoms with Crippen molar-refractivity contribution >= 4 is 5.69 Å². The predicted octanol–water partition coefficient (Wildman–Crippen LogP) is 4.04. The predicted molar refractivity (Wildman–Crippen MR) is 54.5 cm³/mol. The maximum Gasteiger partial charge on any atom is 0.418 e. The van der Waals surface area contributed by atoms with Crippen LogP contribution in [0.3, 0.4) is 0 Å². The molecule has 0 aliphatic carbocycles. The number of benzene rings is 1. The van der Waals surface area contributed by atoms with E-state index in [1.165, 1.54) is 12.1 Å². The molecule has 0 aliphatic rings. The first-order chi connectivity index (χ1) is 6.95. The lowest BCUT2D eigenvalue weighted by Gasteiger charge is -2.14. The molecule has 1 aromatic rings. The van der Waals surface area contributed by atoms with Crippen LogP contribution in [0.5, 0.6) is 0 Å². The van der Waals surface area contributed by atoms with Crippen LogP contribution in [-0.4, -0.2) is 0 Å². The minimum Gasteiger partial charge on any atom is -0.359 e. The van der Waals surface area contributed by atoms with Crippen molar-refractivity contribution < 1.29 is 13.2 Å². The summed E-state index contributed by atoms with van der Waals surface area (Å²) in [6, 6.07) is 5.36. The van der Waals surface area contributed by atoms with Gasteiger partial charge in [-0.1, -0.05) is 25.6 Å². The highest BCUT2D eigenvalue weighted by atomic mass is 19.4. The molecule has 15 heavy (non-hydrogen) atoms. The average molecular weight is 215 g/mol. The number of halogens is 3. The third kappa shape index (κ3) is 3.01. The van der Waals surface area contributed by atoms with Gasteiger partial charge in [0, 0.05) is 5.70 Å². The molecule has 1 aromatic carbocycles. The standard InChI is InChI=1S/C11H12F3N/c1-3-8(2)15-10-7-5-4-6-9(10)11(12,13)14/h4-7,15H,2-3H2,1H3. The third-order valence-electron chi connectivity index (χ3n) is 1.97. The number of allylic oxidation sites excluding steroid dienone is 1. The zero-order chi connectivity index (χ0) is 11.5. The summed E-state index contributed by atoms with van der Waals surface area (Å²) < 4.78 is 37.6. The second kappa shape index (κ2) is 4.38. The SMILES string of the molecule is C=C(CC)Nc1ccccc1C(F)(F)F. The summed E-state index contributed by atoms with van der Waals surface area (Å²) in [7, 11) is 0. The van der Waals surface area contributed by atoms with E-state index in [1.807, 2.05) is 6.92 Å². The summed E-state index contributed by atoms with van der Waals surface area (Å²) in [6.45, 7) is 5.44. The Bertz CT molecular complexity index is 355. The molecule has 0 unspecified atom stereocenters. The van der Waals surface area contributed by atoms with Crippen LogP contribution in [-0.2, 0) is 6.18 Å². The largest absolute Gasteiger partial charge is 0.418 e. The van der Waals surface area contributed by atoms with Gasteiger partial charge in [0.1, 0.15) is 0 Å². The molecule has 0 bridgehead atoms. The fourth-order valence-corrected chi connectivity index (χ4v) is 1.12. The van der Waals surface area contributed by atoms with Gasteiger partial charge in [-0.25, -0.2) is 0 Å². The number of nitrogens with one attached hydrogen (secondary N) is 1. The first kappa shape index (κ1) is 11.6. The Labute approximate surface area is 86.6 Å². The van der Waals surface area contributed by atoms with Gasteiger partial charge in [-0.15, -0.1) is 0 Å². The van der Waals surface area contributed by atoms with E-state index in [1.54, 1.807) is 6.07 Å². The lowest BCUT2D eigenvalue weighted by molar-refractivity contribution is -0.136. The average Bonchev–Trinajstić information content (AvgIpc) is 2.17. The quantitative estimate of drug-likeness (QED) is 0.802. The molecule has 0 atom stereocenters. The van der Waals surface area contributed by atoms with Crippen LogP contribution in [0.1, 0.15) is 18.9 Å². The van der Waals surface area contributed by atoms with Crippen LogP contribution in [0.2, 0.25) is 0 Å². The summed E-state index contributed by atoms with van der Waals surface area (Å²) in [6.07, 6.45) is -3.75. The van der Waals surface area contributed by atoms with Crippen molar-refractivity contribution in [3.8, 4) is 0 Å². The van der Waals surface area contributed by atoms with E-state index in [2.05, 4.69) is 11.9 Å². The lowest BCUT2D eigenvalue weighted by atomic mass is 10.1. The number of anilines is 1. The molecule has 0 saturated heterocycles. The van der Waals surface area contributed by atoms with E-state index >= 15 is 0 Å². The molecular weight excluding hydrogens is 203 g/mol. The Morgan fingerprint density at radius 1 is 1.33 bits per heavy atom. The van der Waals surface area contributed by atoms with Gasteiger partial charge in [0.15, 0.2) is 0 Å². The van der Waals surface area contributed by atoms with Crippen molar-refractivity contribution in [2.75, 3.05) is 5.32 Å². The number of alkyl halides is 3. The molecule has 0 fully saturated rings. The first-order valence-corrected chi connectivity index (χ1v) is 4.56. The smallest absolute Gasteiger partial charge is 0.359 e. The Morgan fingerprint density at radius 2 is 1.93 bits per heavy atom. The van der Waals surface area contributed by atoms with Crippen molar-refractivity contribution in [1.29, 1.82) is 0 Å². The summed E-state index contributed by atoms with van der Waals surface area (Å²) in [5.74, 6) is 0. The van der Waals surface area contributed by atoms with E-state index in [4.69, 9.17) is 0 Å². The minimum absolute atomic E-state index is 0.0526. The number of hydrogen-bond acceptors (Lipinski definition) is 1. The summed E-state index contributed by atoms with van der Waals surface area (Å²) in [5.41, 5.74) is -0.0526. The molecule has 82 valence electrons. The van der Waals surface area contributed by atoms with E-state index in [0.29, 0.717) is 12.1 Å². The second-order valence-electron chi connectivity index (χ2n) is 3.13. The van der Waals surface area contributed by atoms with Gasteiger partial charge >= 0.3 is 6.18 Å². The van der Waals surface area contributed by atoms with Gasteiger partial charge in [-0.3, -0.25) is 0 Å². The van der Waals surface area contributed by atoms with Crippen LogP contribution in [0.4, 0.5) is 18.9 Å². The molecule has 1 nitrogen and oxygen atoms in total. The van der Waals surface area contributed by atoms with Crippen LogP contribution in [0.15, 0.2) is 36.5 Å². The molecule has 1 N–H and O–H groups in total. The number of rotatable bonds is 3. The molecule has 0 radical (unpaired) electrons. The molecule has 0 aromatic heterocycles. The summed E-state index contributed by atoms with van der Waals surface area (Å²) >= 11 is 0. The van der Waals surface area contributed by atoms with E-state index in [9.17, 15) is 13.2 Å². The Hall–Kier alpha value is -1.45. The molecular formula is C11H12F3N. The van der Waals surface area contributed by atoms with Gasteiger partial charge in [-0.05, 0) is 18.6 Å². The zero-order valence-electron chi connectivity index (χ0n) is 8.36. The van der Waals surface area contributed by atoms with Crippen molar-refractivity contribution in [3.05, 3.63) is 42.1 Å². The third-order valence-corrected chi connectivity index (χ3v) is 1.97. The molecule has 0 spiro atoms. The fourth-order valence-electron chi connectivity index (χ4n) is 1.12. The highest BCUT2D eigenvalue weighted by Gasteiger charge is 2.33. The van der Waals surface area contributed by atoms with Crippen molar-refractivity contribution in [1.82, 2.24) is 0 Å². The van der Waals surface area contributed by atoms with Gasteiger partial charge in [0.2, 0.25) is 0 Å². The second-order valence-corrected chi connectivity index (χ2v) is 3.13. The number of para-hydroxylation sites is 1. The van der Waals surface area contributed by atoms with Crippen LogP contribution >= 0.6 is 0 Å². The molecule has 0 heterocycles.